The van der Waals surface area contributed by atoms with Crippen LogP contribution in [-0.4, -0.2) is 220 Å². The fourth-order valence-electron chi connectivity index (χ4n) is 20.4. The minimum absolute atomic E-state index is 0.0142. The Balaban J connectivity index is 0.000000115. The molecule has 8 fully saturated rings. The summed E-state index contributed by atoms with van der Waals surface area (Å²) in [5.74, 6) is -9.31. The number of phenols is 3. The van der Waals surface area contributed by atoms with Crippen molar-refractivity contribution in [1.29, 1.82) is 0 Å². The highest BCUT2D eigenvalue weighted by Gasteiger charge is 2.94. The molecule has 30 heteroatoms. The molecule has 6 aromatic carbocycles. The molecule has 10 N–H and O–H groups in total. The van der Waals surface area contributed by atoms with Crippen LogP contribution >= 0.6 is 0 Å². The van der Waals surface area contributed by atoms with Gasteiger partial charge in [0.05, 0.1) is 98.4 Å². The zero-order chi connectivity index (χ0) is 77.1. The zero-order valence-electron chi connectivity index (χ0n) is 62.0. The molecule has 0 saturated carbocycles. The average molecular weight is 1520 g/mol. The Labute approximate surface area is 623 Å². The molecule has 0 radical (unpaired) electrons. The molecule has 6 aromatic rings. The highest BCUT2D eigenvalue weighted by atomic mass is 16.9. The number of rotatable bonds is 13. The van der Waals surface area contributed by atoms with Gasteiger partial charge in [0.15, 0.2) is 42.0 Å². The molecule has 30 nitrogen and oxygen atoms in total. The number of ether oxygens (including phenoxy) is 17. The number of aryl methyl sites for hydroxylation is 3. The van der Waals surface area contributed by atoms with Gasteiger partial charge in [0.25, 0.3) is 17.4 Å². The predicted octanol–water partition coefficient (Wildman–Crippen LogP) is 5.86. The molecule has 2 spiro atoms. The first-order valence-electron chi connectivity index (χ1n) is 37.0. The summed E-state index contributed by atoms with van der Waals surface area (Å²) in [6, 6.07) is 5.49. The number of ketones is 3. The van der Waals surface area contributed by atoms with E-state index < -0.39 is 139 Å². The molecule has 8 saturated heterocycles. The van der Waals surface area contributed by atoms with Crippen LogP contribution in [0.3, 0.4) is 0 Å². The van der Waals surface area contributed by atoms with Crippen molar-refractivity contribution < 1.29 is 146 Å². The lowest BCUT2D eigenvalue weighted by molar-refractivity contribution is -0.313. The van der Waals surface area contributed by atoms with E-state index in [-0.39, 0.29) is 130 Å². The molecular formula is C79H88O30. The van der Waals surface area contributed by atoms with Crippen LogP contribution in [0.1, 0.15) is 176 Å². The summed E-state index contributed by atoms with van der Waals surface area (Å²) < 4.78 is 104. The molecule has 0 aromatic heterocycles. The van der Waals surface area contributed by atoms with E-state index >= 15 is 0 Å². The van der Waals surface area contributed by atoms with Crippen LogP contribution in [0, 0.1) is 38.5 Å². The number of methoxy groups -OCH3 is 5. The normalized spacial score (nSPS) is 36.9. The van der Waals surface area contributed by atoms with Crippen molar-refractivity contribution >= 4 is 49.7 Å². The summed E-state index contributed by atoms with van der Waals surface area (Å²) in [5.41, 5.74) is 4.08. The highest BCUT2D eigenvalue weighted by molar-refractivity contribution is 6.14. The van der Waals surface area contributed by atoms with Crippen molar-refractivity contribution in [3.63, 3.8) is 0 Å². The van der Waals surface area contributed by atoms with Gasteiger partial charge in [0.1, 0.15) is 76.9 Å². The summed E-state index contributed by atoms with van der Waals surface area (Å²) in [7, 11) is 7.32. The minimum Gasteiger partial charge on any atom is -0.506 e. The van der Waals surface area contributed by atoms with Crippen LogP contribution in [-0.2, 0) is 81.2 Å². The molecule has 14 aliphatic rings. The van der Waals surface area contributed by atoms with Gasteiger partial charge in [0, 0.05) is 85.8 Å². The molecule has 11 heterocycles. The second-order valence-electron chi connectivity index (χ2n) is 31.6. The number of Topliss-reactive ketones (excluding diaryl/α,β-unsaturated/α-hetero) is 3. The van der Waals surface area contributed by atoms with Gasteiger partial charge in [-0.25, -0.2) is 0 Å². The third kappa shape index (κ3) is 9.02. The summed E-state index contributed by atoms with van der Waals surface area (Å²) >= 11 is 0. The number of aromatic hydroxyl groups is 3. The first-order chi connectivity index (χ1) is 52.1. The molecule has 21 atom stereocenters. The van der Waals surface area contributed by atoms with E-state index in [9.17, 15) is 65.4 Å². The number of phenolic OH excluding ortho intramolecular Hbond substituents is 3. The number of hydrogen-bond donors (Lipinski definition) is 10. The van der Waals surface area contributed by atoms with E-state index in [2.05, 4.69) is 0 Å². The van der Waals surface area contributed by atoms with Crippen molar-refractivity contribution in [2.24, 2.45) is 17.8 Å². The Morgan fingerprint density at radius 1 is 0.560 bits per heavy atom. The van der Waals surface area contributed by atoms with Gasteiger partial charge in [-0.05, 0) is 96.7 Å². The molecule has 3 aliphatic carbocycles. The van der Waals surface area contributed by atoms with Crippen molar-refractivity contribution in [2.75, 3.05) is 68.6 Å². The molecule has 18 unspecified atom stereocenters. The maximum absolute atomic E-state index is 13.3. The Kier molecular flexibility index (Phi) is 16.6. The summed E-state index contributed by atoms with van der Waals surface area (Å²) in [6.45, 7) is 12.1. The van der Waals surface area contributed by atoms with Crippen molar-refractivity contribution in [3.05, 3.63) is 96.1 Å². The predicted molar refractivity (Wildman–Crippen MR) is 372 cm³/mol. The molecule has 109 heavy (non-hydrogen) atoms. The molecule has 11 aliphatic heterocycles. The second kappa shape index (κ2) is 24.7. The fraction of sp³-hybridized carbons (Fsp3) is 0.582. The quantitative estimate of drug-likeness (QED) is 0.0605. The first-order valence-corrected chi connectivity index (χ1v) is 37.0. The lowest BCUT2D eigenvalue weighted by atomic mass is 9.75. The van der Waals surface area contributed by atoms with Gasteiger partial charge in [-0.3, -0.25) is 14.4 Å². The van der Waals surface area contributed by atoms with Gasteiger partial charge in [-0.1, -0.05) is 39.8 Å². The molecular weight excluding hydrogens is 1430 g/mol. The Morgan fingerprint density at radius 3 is 1.46 bits per heavy atom. The summed E-state index contributed by atoms with van der Waals surface area (Å²) in [5, 5.41) is 111. The fourth-order valence-corrected chi connectivity index (χ4v) is 20.4. The van der Waals surface area contributed by atoms with E-state index in [1.54, 1.807) is 19.9 Å². The van der Waals surface area contributed by atoms with Gasteiger partial charge in [-0.2, -0.15) is 0 Å². The smallest absolute Gasteiger partial charge is 0.276 e. The molecule has 584 valence electrons. The Hall–Kier alpha value is -7.09. The SMILES string of the molecule is COC(CO)C12OC3c4c(C)cc5c(CO)c6c(c(O)c5c4OC(OC)(C3O1)C21CO1)C(=O)C(C)CC6O.COC(CO)C12OC3c4c(C)cc5c(CO)c6c(c(O)c5c4OC(OC)(C3O1)C21CO1)C(=O)CCC6.COc1c2c(c(O)c3c4c(c(C)cc13)C1OC(C(C)C)OC1[C@@](O)(C1CO1)O4)C(=O)[C@@H](C)C[C@@H]2O. The number of carbonyl (C=O) groups is 3. The first kappa shape index (κ1) is 73.4. The molecule has 0 amide bonds. The standard InChI is InChI=1S/C27H30O11.C26H28O10.C26H30O9/c1-10-5-12-13(7-28)17-14(30)6-11(2)20(31)19(17)21(32)18(12)22-16(10)23-24-27(34-4,36-22)25(9-35-25)26(37-23,38-24)15(8-29)33-3;1-11-7-13-14(8-27)12-5-4-6-15(29)18(12)20(30)19(13)21-17(11)22-23-26(32-3,34-21)24(10-33-24)25(35-22,36-23)16(9-28)31-2;1-9(2)25-33-23-15-10(3)6-12-16(22(15)35-26(30,14-8-32-14)24(23)34-25)20(29)18-17(21(12)31-5)13(27)7-11(4)19(18)28/h5,11,14-15,23-24,28-30,32H,6-9H2,1-4H3;7,16,22-23,27-28,30H,4-6,8-10H2,1-3H3;6,9,11,13-14,23-25,27,29-30H,7-8H2,1-5H3/t;;11-,13-,14?,23?,24?,25?,26+/m..0/s1. The zero-order valence-corrected chi connectivity index (χ0v) is 62.0. The number of carbonyl (C=O) groups excluding carboxylic acids is 3. The van der Waals surface area contributed by atoms with Crippen LogP contribution < -0.4 is 18.9 Å². The lowest BCUT2D eigenvalue weighted by Crippen LogP contribution is -2.70. The Morgan fingerprint density at radius 2 is 1.01 bits per heavy atom. The molecule has 20 rings (SSSR count). The molecule has 4 bridgehead atoms. The van der Waals surface area contributed by atoms with Crippen molar-refractivity contribution in [1.82, 2.24) is 0 Å². The monoisotopic (exact) mass is 1520 g/mol. The largest absolute Gasteiger partial charge is 0.506 e. The maximum atomic E-state index is 13.3. The lowest BCUT2D eigenvalue weighted by Gasteiger charge is -2.49. The van der Waals surface area contributed by atoms with E-state index in [1.807, 2.05) is 46.8 Å². The summed E-state index contributed by atoms with van der Waals surface area (Å²) in [6.07, 6.45) is -7.39. The topological polar surface area (TPSA) is 420 Å². The van der Waals surface area contributed by atoms with Crippen LogP contribution in [0.2, 0.25) is 0 Å². The number of aliphatic hydroxyl groups is 7. The van der Waals surface area contributed by atoms with E-state index in [1.165, 1.54) is 35.5 Å². The minimum atomic E-state index is -1.85. The van der Waals surface area contributed by atoms with Crippen LogP contribution in [0.15, 0.2) is 18.2 Å². The number of benzene rings is 6. The second-order valence-corrected chi connectivity index (χ2v) is 31.6. The number of fused-ring (bicyclic) bond motifs is 22. The maximum Gasteiger partial charge on any atom is 0.276 e. The third-order valence-electron chi connectivity index (χ3n) is 25.7. The van der Waals surface area contributed by atoms with Gasteiger partial charge in [-0.15, -0.1) is 0 Å². The average Bonchev–Trinajstić information content (AvgIpc) is 1.46. The summed E-state index contributed by atoms with van der Waals surface area (Å²) in [4.78, 5) is 39.4. The van der Waals surface area contributed by atoms with Gasteiger partial charge in [0.2, 0.25) is 22.8 Å². The van der Waals surface area contributed by atoms with Crippen LogP contribution in [0.25, 0.3) is 32.3 Å². The number of aliphatic hydroxyl groups excluding tert-OH is 6. The van der Waals surface area contributed by atoms with Crippen molar-refractivity contribution in [3.8, 4) is 40.2 Å². The van der Waals surface area contributed by atoms with Crippen LogP contribution in [0.4, 0.5) is 0 Å². The number of hydrogen-bond acceptors (Lipinski definition) is 30. The highest BCUT2D eigenvalue weighted by Crippen LogP contribution is 2.74. The van der Waals surface area contributed by atoms with E-state index in [0.29, 0.717) is 92.3 Å². The Bertz CT molecular complexity index is 4940. The number of epoxide rings is 3. The van der Waals surface area contributed by atoms with Gasteiger partial charge >= 0.3 is 0 Å². The van der Waals surface area contributed by atoms with Crippen LogP contribution in [0.5, 0.6) is 40.2 Å². The van der Waals surface area contributed by atoms with Gasteiger partial charge < -0.3 is 132 Å². The van der Waals surface area contributed by atoms with Crippen molar-refractivity contribution in [2.45, 2.75) is 207 Å². The third-order valence-corrected chi connectivity index (χ3v) is 25.7. The van der Waals surface area contributed by atoms with E-state index in [4.69, 9.17) is 80.5 Å². The van der Waals surface area contributed by atoms with E-state index in [0.717, 1.165) is 16.7 Å².